The summed E-state index contributed by atoms with van der Waals surface area (Å²) in [4.78, 5) is 12.1. The normalized spacial score (nSPS) is 12.2. The monoisotopic (exact) mass is 316 g/mol. The van der Waals surface area contributed by atoms with Crippen LogP contribution in [0.2, 0.25) is 0 Å². The molecule has 23 heavy (non-hydrogen) atoms. The van der Waals surface area contributed by atoms with Crippen LogP contribution in [0.4, 0.5) is 0 Å². The van der Waals surface area contributed by atoms with Crippen molar-refractivity contribution in [1.82, 2.24) is 5.32 Å². The number of nitrogens with zero attached hydrogens (tertiary/aromatic N) is 1. The summed E-state index contributed by atoms with van der Waals surface area (Å²) in [6, 6.07) is 7.31. The summed E-state index contributed by atoms with van der Waals surface area (Å²) in [5.41, 5.74) is 0.782. The van der Waals surface area contributed by atoms with E-state index >= 15 is 0 Å². The van der Waals surface area contributed by atoms with Crippen molar-refractivity contribution in [2.24, 2.45) is 0 Å². The van der Waals surface area contributed by atoms with Crippen molar-refractivity contribution in [2.75, 3.05) is 13.2 Å². The van der Waals surface area contributed by atoms with Crippen LogP contribution in [0.3, 0.4) is 0 Å². The molecule has 1 atom stereocenters. The molecule has 0 radical (unpaired) electrons. The standard InChI is InChI=1S/C18H24N2O3/c1-5-13(4)20-18(21)15(12-19)10-14-8-9-16(22-6-2)17(11-14)23-7-3/h8-11,13H,5-7H2,1-4H3,(H,20,21)/b15-10+/t13-/m1/s1. The van der Waals surface area contributed by atoms with Crippen LogP contribution in [0, 0.1) is 11.3 Å². The number of nitrogens with one attached hydrogen (secondary N) is 1. The molecule has 1 aromatic carbocycles. The minimum absolute atomic E-state index is 0.0264. The summed E-state index contributed by atoms with van der Waals surface area (Å²) >= 11 is 0. The number of carbonyl (C=O) groups excluding carboxylic acids is 1. The molecule has 0 saturated carbocycles. The lowest BCUT2D eigenvalue weighted by molar-refractivity contribution is -0.117. The highest BCUT2D eigenvalue weighted by Crippen LogP contribution is 2.29. The number of rotatable bonds is 8. The average Bonchev–Trinajstić information content (AvgIpc) is 2.54. The number of hydrogen-bond acceptors (Lipinski definition) is 4. The number of carbonyl (C=O) groups is 1. The highest BCUT2D eigenvalue weighted by molar-refractivity contribution is 6.01. The molecule has 0 aromatic heterocycles. The molecule has 0 aliphatic carbocycles. The summed E-state index contributed by atoms with van der Waals surface area (Å²) in [5.74, 6) is 0.880. The topological polar surface area (TPSA) is 71.3 Å². The molecule has 0 aliphatic rings. The second kappa shape index (κ2) is 9.52. The maximum atomic E-state index is 12.1. The van der Waals surface area contributed by atoms with Crippen molar-refractivity contribution < 1.29 is 14.3 Å². The van der Waals surface area contributed by atoms with Gasteiger partial charge in [-0.05, 0) is 51.0 Å². The minimum Gasteiger partial charge on any atom is -0.490 e. The third kappa shape index (κ3) is 5.67. The van der Waals surface area contributed by atoms with E-state index in [4.69, 9.17) is 9.47 Å². The van der Waals surface area contributed by atoms with Crippen LogP contribution in [0.15, 0.2) is 23.8 Å². The van der Waals surface area contributed by atoms with E-state index in [1.54, 1.807) is 24.3 Å². The first-order valence-corrected chi connectivity index (χ1v) is 7.87. The highest BCUT2D eigenvalue weighted by atomic mass is 16.5. The van der Waals surface area contributed by atoms with Crippen molar-refractivity contribution in [2.45, 2.75) is 40.2 Å². The van der Waals surface area contributed by atoms with Gasteiger partial charge >= 0.3 is 0 Å². The van der Waals surface area contributed by atoms with Crippen molar-refractivity contribution in [3.8, 4) is 17.6 Å². The van der Waals surface area contributed by atoms with Crippen molar-refractivity contribution >= 4 is 12.0 Å². The third-order valence-electron chi connectivity index (χ3n) is 3.23. The molecular weight excluding hydrogens is 292 g/mol. The van der Waals surface area contributed by atoms with Gasteiger partial charge in [-0.25, -0.2) is 0 Å². The Morgan fingerprint density at radius 2 is 1.91 bits per heavy atom. The molecule has 5 nitrogen and oxygen atoms in total. The van der Waals surface area contributed by atoms with E-state index < -0.39 is 0 Å². The van der Waals surface area contributed by atoms with E-state index in [-0.39, 0.29) is 17.5 Å². The van der Waals surface area contributed by atoms with E-state index in [1.807, 2.05) is 33.8 Å². The number of hydrogen-bond donors (Lipinski definition) is 1. The van der Waals surface area contributed by atoms with Crippen molar-refractivity contribution in [1.29, 1.82) is 5.26 Å². The first-order chi connectivity index (χ1) is 11.0. The lowest BCUT2D eigenvalue weighted by Crippen LogP contribution is -2.32. The summed E-state index contributed by atoms with van der Waals surface area (Å²) in [7, 11) is 0. The Balaban J connectivity index is 3.06. The Hall–Kier alpha value is -2.48. The lowest BCUT2D eigenvalue weighted by atomic mass is 10.1. The van der Waals surface area contributed by atoms with Crippen LogP contribution in [0.25, 0.3) is 6.08 Å². The van der Waals surface area contributed by atoms with Gasteiger partial charge < -0.3 is 14.8 Å². The van der Waals surface area contributed by atoms with Crippen molar-refractivity contribution in [3.05, 3.63) is 29.3 Å². The first kappa shape index (κ1) is 18.6. The van der Waals surface area contributed by atoms with E-state index in [2.05, 4.69) is 5.32 Å². The molecule has 0 heterocycles. The lowest BCUT2D eigenvalue weighted by Gasteiger charge is -2.12. The predicted molar refractivity (Wildman–Crippen MR) is 90.3 cm³/mol. The molecule has 0 bridgehead atoms. The summed E-state index contributed by atoms with van der Waals surface area (Å²) < 4.78 is 11.1. The van der Waals surface area contributed by atoms with Crippen LogP contribution in [0.1, 0.15) is 39.7 Å². The van der Waals surface area contributed by atoms with Crippen LogP contribution < -0.4 is 14.8 Å². The number of ether oxygens (including phenoxy) is 2. The van der Waals surface area contributed by atoms with E-state index in [0.29, 0.717) is 30.3 Å². The van der Waals surface area contributed by atoms with Gasteiger partial charge in [-0.3, -0.25) is 4.79 Å². The second-order valence-electron chi connectivity index (χ2n) is 5.02. The van der Waals surface area contributed by atoms with Gasteiger partial charge in [-0.2, -0.15) is 5.26 Å². The van der Waals surface area contributed by atoms with Gasteiger partial charge in [0.05, 0.1) is 13.2 Å². The van der Waals surface area contributed by atoms with Crippen LogP contribution in [0.5, 0.6) is 11.5 Å². The Labute approximate surface area is 137 Å². The van der Waals surface area contributed by atoms with Crippen molar-refractivity contribution in [3.63, 3.8) is 0 Å². The number of benzene rings is 1. The molecule has 1 rings (SSSR count). The quantitative estimate of drug-likeness (QED) is 0.590. The van der Waals surface area contributed by atoms with Crippen LogP contribution in [-0.2, 0) is 4.79 Å². The Morgan fingerprint density at radius 3 is 2.48 bits per heavy atom. The maximum absolute atomic E-state index is 12.1. The molecule has 0 fully saturated rings. The highest BCUT2D eigenvalue weighted by Gasteiger charge is 2.12. The molecule has 1 aromatic rings. The molecule has 0 saturated heterocycles. The smallest absolute Gasteiger partial charge is 0.262 e. The largest absolute Gasteiger partial charge is 0.490 e. The Morgan fingerprint density at radius 1 is 1.26 bits per heavy atom. The molecule has 0 unspecified atom stereocenters. The number of amides is 1. The fraction of sp³-hybridized carbons (Fsp3) is 0.444. The SMILES string of the molecule is CCOc1ccc(/C=C(\C#N)C(=O)N[C@H](C)CC)cc1OCC. The van der Waals surface area contributed by atoms with E-state index in [1.165, 1.54) is 0 Å². The minimum atomic E-state index is -0.367. The van der Waals surface area contributed by atoms with Gasteiger partial charge in [0.25, 0.3) is 5.91 Å². The maximum Gasteiger partial charge on any atom is 0.262 e. The van der Waals surface area contributed by atoms with Crippen LogP contribution in [-0.4, -0.2) is 25.2 Å². The predicted octanol–water partition coefficient (Wildman–Crippen LogP) is 3.31. The average molecular weight is 316 g/mol. The molecule has 0 spiro atoms. The van der Waals surface area contributed by atoms with Gasteiger partial charge in [-0.15, -0.1) is 0 Å². The van der Waals surface area contributed by atoms with E-state index in [9.17, 15) is 10.1 Å². The van der Waals surface area contributed by atoms with Gasteiger partial charge in [0, 0.05) is 6.04 Å². The van der Waals surface area contributed by atoms with Gasteiger partial charge in [0.2, 0.25) is 0 Å². The molecular formula is C18H24N2O3. The van der Waals surface area contributed by atoms with Gasteiger partial charge in [-0.1, -0.05) is 13.0 Å². The summed E-state index contributed by atoms with van der Waals surface area (Å²) in [6.45, 7) is 8.70. The van der Waals surface area contributed by atoms with Gasteiger partial charge in [0.1, 0.15) is 11.6 Å². The second-order valence-corrected chi connectivity index (χ2v) is 5.02. The molecule has 1 N–H and O–H groups in total. The first-order valence-electron chi connectivity index (χ1n) is 7.87. The fourth-order valence-electron chi connectivity index (χ4n) is 1.88. The van der Waals surface area contributed by atoms with E-state index in [0.717, 1.165) is 6.42 Å². The Bertz CT molecular complexity index is 603. The fourth-order valence-corrected chi connectivity index (χ4v) is 1.88. The molecule has 5 heteroatoms. The third-order valence-corrected chi connectivity index (χ3v) is 3.23. The zero-order valence-corrected chi connectivity index (χ0v) is 14.2. The molecule has 0 aliphatic heterocycles. The zero-order valence-electron chi connectivity index (χ0n) is 14.2. The summed E-state index contributed by atoms with van der Waals surface area (Å²) in [5, 5.41) is 12.0. The van der Waals surface area contributed by atoms with Gasteiger partial charge in [0.15, 0.2) is 11.5 Å². The molecule has 1 amide bonds. The zero-order chi connectivity index (χ0) is 17.2. The Kier molecular flexibility index (Phi) is 7.69. The van der Waals surface area contributed by atoms with Crippen LogP contribution >= 0.6 is 0 Å². The summed E-state index contributed by atoms with van der Waals surface area (Å²) in [6.07, 6.45) is 2.36. The molecule has 124 valence electrons. The number of nitriles is 1.